The maximum atomic E-state index is 13.5. The summed E-state index contributed by atoms with van der Waals surface area (Å²) in [5.41, 5.74) is 6.52. The summed E-state index contributed by atoms with van der Waals surface area (Å²) >= 11 is 0. The van der Waals surface area contributed by atoms with Crippen LogP contribution in [0.25, 0.3) is 0 Å². The Hall–Kier alpha value is -4.03. The van der Waals surface area contributed by atoms with Crippen LogP contribution < -0.4 is 16.4 Å². The lowest BCUT2D eigenvalue weighted by atomic mass is 9.79. The van der Waals surface area contributed by atoms with Gasteiger partial charge in [-0.1, -0.05) is 51.5 Å². The Morgan fingerprint density at radius 3 is 2.38 bits per heavy atom. The van der Waals surface area contributed by atoms with Gasteiger partial charge in [-0.15, -0.1) is 0 Å². The van der Waals surface area contributed by atoms with E-state index >= 15 is 0 Å². The van der Waals surface area contributed by atoms with E-state index in [2.05, 4.69) is 10.6 Å². The summed E-state index contributed by atoms with van der Waals surface area (Å²) in [5, 5.41) is 5.44. The van der Waals surface area contributed by atoms with E-state index < -0.39 is 41.7 Å². The zero-order valence-electron chi connectivity index (χ0n) is 27.4. The fourth-order valence-electron chi connectivity index (χ4n) is 5.76. The van der Waals surface area contributed by atoms with Crippen LogP contribution in [0.15, 0.2) is 58.5 Å². The van der Waals surface area contributed by atoms with Gasteiger partial charge in [0, 0.05) is 51.0 Å². The van der Waals surface area contributed by atoms with E-state index in [1.54, 1.807) is 27.2 Å². The summed E-state index contributed by atoms with van der Waals surface area (Å²) in [7, 11) is 4.62. The highest BCUT2D eigenvalue weighted by molar-refractivity contribution is 6.23. The van der Waals surface area contributed by atoms with Crippen molar-refractivity contribution >= 4 is 29.5 Å². The summed E-state index contributed by atoms with van der Waals surface area (Å²) in [4.78, 5) is 63.4. The number of esters is 1. The molecule has 248 valence electrons. The van der Waals surface area contributed by atoms with E-state index in [0.29, 0.717) is 24.0 Å². The Bertz CT molecular complexity index is 1290. The highest BCUT2D eigenvalue weighted by Crippen LogP contribution is 2.32. The van der Waals surface area contributed by atoms with Gasteiger partial charge < -0.3 is 35.3 Å². The van der Waals surface area contributed by atoms with Crippen LogP contribution in [0.1, 0.15) is 53.9 Å². The largest absolute Gasteiger partial charge is 0.461 e. The van der Waals surface area contributed by atoms with E-state index in [4.69, 9.17) is 24.7 Å². The van der Waals surface area contributed by atoms with Gasteiger partial charge in [-0.2, -0.15) is 0 Å². The Morgan fingerprint density at radius 2 is 1.82 bits per heavy atom. The van der Waals surface area contributed by atoms with Gasteiger partial charge in [0.15, 0.2) is 6.10 Å². The summed E-state index contributed by atoms with van der Waals surface area (Å²) in [6, 6.07) is 0. The first-order chi connectivity index (χ1) is 21.3. The Kier molecular flexibility index (Phi) is 14.4. The number of nitrogens with one attached hydrogen (secondary N) is 2. The number of primary amides is 1. The molecule has 0 aromatic rings. The third-order valence-electron chi connectivity index (χ3n) is 8.06. The van der Waals surface area contributed by atoms with Crippen LogP contribution in [0.3, 0.4) is 0 Å². The van der Waals surface area contributed by atoms with Crippen LogP contribution in [0, 0.1) is 17.8 Å². The molecule has 0 fully saturated rings. The average Bonchev–Trinajstić information content (AvgIpc) is 2.98. The predicted octanol–water partition coefficient (Wildman–Crippen LogP) is 3.19. The molecule has 0 spiro atoms. The number of nitrogens with two attached hydrogens (primary N) is 1. The molecule has 12 nitrogen and oxygen atoms in total. The summed E-state index contributed by atoms with van der Waals surface area (Å²) in [6.07, 6.45) is 5.86. The van der Waals surface area contributed by atoms with Crippen LogP contribution in [-0.4, -0.2) is 75.7 Å². The molecule has 12 heteroatoms. The van der Waals surface area contributed by atoms with Crippen molar-refractivity contribution in [3.63, 3.8) is 0 Å². The molecule has 2 amide bonds. The Labute approximate surface area is 265 Å². The summed E-state index contributed by atoms with van der Waals surface area (Å²) < 4.78 is 22.5. The van der Waals surface area contributed by atoms with Crippen molar-refractivity contribution in [3.05, 3.63) is 58.5 Å². The van der Waals surface area contributed by atoms with Crippen LogP contribution in [0.5, 0.6) is 0 Å². The molecule has 0 saturated heterocycles. The molecule has 1 heterocycles. The van der Waals surface area contributed by atoms with Crippen molar-refractivity contribution in [2.75, 3.05) is 27.9 Å². The third-order valence-corrected chi connectivity index (χ3v) is 8.06. The second-order valence-corrected chi connectivity index (χ2v) is 11.4. The Balaban J connectivity index is 2.73. The molecule has 0 saturated carbocycles. The molecule has 1 aliphatic carbocycles. The van der Waals surface area contributed by atoms with Crippen molar-refractivity contribution in [1.29, 1.82) is 0 Å². The lowest BCUT2D eigenvalue weighted by Gasteiger charge is -2.33. The number of allylic oxidation sites excluding steroid dienone is 5. The zero-order chi connectivity index (χ0) is 33.8. The Morgan fingerprint density at radius 1 is 1.13 bits per heavy atom. The molecule has 0 aromatic carbocycles. The topological polar surface area (TPSA) is 172 Å². The number of hydrogen-bond donors (Lipinski definition) is 3. The van der Waals surface area contributed by atoms with Crippen molar-refractivity contribution < 1.29 is 42.9 Å². The second-order valence-electron chi connectivity index (χ2n) is 11.4. The van der Waals surface area contributed by atoms with Gasteiger partial charge in [0.2, 0.25) is 11.6 Å². The van der Waals surface area contributed by atoms with Gasteiger partial charge in [0.05, 0.1) is 17.5 Å². The molecule has 0 radical (unpaired) electrons. The quantitative estimate of drug-likeness (QED) is 0.216. The van der Waals surface area contributed by atoms with E-state index in [9.17, 15) is 24.0 Å². The molecule has 4 N–H and O–H groups in total. The number of ketones is 2. The minimum Gasteiger partial charge on any atom is -0.461 e. The first-order valence-electron chi connectivity index (χ1n) is 15.0. The molecule has 2 rings (SSSR count). The number of methoxy groups -OCH3 is 2. The van der Waals surface area contributed by atoms with Gasteiger partial charge in [0.25, 0.3) is 5.91 Å². The smallest absolute Gasteiger partial charge is 0.405 e. The number of carbonyl (C=O) groups excluding carboxylic acids is 5. The number of ether oxygens (including phenoxy) is 4. The zero-order valence-corrected chi connectivity index (χ0v) is 27.4. The lowest BCUT2D eigenvalue weighted by molar-refractivity contribution is -0.140. The van der Waals surface area contributed by atoms with Crippen molar-refractivity contribution in [3.8, 4) is 0 Å². The minimum absolute atomic E-state index is 0.0422. The number of amides is 2. The maximum absolute atomic E-state index is 13.5. The van der Waals surface area contributed by atoms with Crippen molar-refractivity contribution in [2.24, 2.45) is 23.5 Å². The number of fused-ring (bicyclic) bond motifs is 2. The fourth-order valence-corrected chi connectivity index (χ4v) is 5.76. The van der Waals surface area contributed by atoms with Crippen LogP contribution >= 0.6 is 0 Å². The monoisotopic (exact) mass is 629 g/mol. The molecular formula is C33H47N3O9. The SMILES string of the molecule is CC[C@H]1[C@@H](OC)C[C@H](C)CC2=C(NC)C(=O)C=C(NC(=O)/C(C)=C/C=C\[C@H](OC)[C@@H](OC(N)=O)/C(COC(C)=O)=C/[C@@H]1C)C2=O. The highest BCUT2D eigenvalue weighted by atomic mass is 16.6. The average molecular weight is 630 g/mol. The van der Waals surface area contributed by atoms with Crippen LogP contribution in [-0.2, 0) is 38.1 Å². The number of rotatable bonds is 7. The maximum Gasteiger partial charge on any atom is 0.405 e. The number of likely N-dealkylation sites (N-methyl/N-ethyl adjacent to an activating group) is 1. The predicted molar refractivity (Wildman–Crippen MR) is 167 cm³/mol. The molecule has 1 aliphatic heterocycles. The third kappa shape index (κ3) is 10.3. The first kappa shape index (κ1) is 37.2. The summed E-state index contributed by atoms with van der Waals surface area (Å²) in [5.74, 6) is -2.24. The van der Waals surface area contributed by atoms with Gasteiger partial charge in [-0.3, -0.25) is 19.2 Å². The van der Waals surface area contributed by atoms with Crippen LogP contribution in [0.4, 0.5) is 4.79 Å². The first-order valence-corrected chi connectivity index (χ1v) is 15.0. The standard InChI is InChI=1S/C33H47N3O9/c1-9-23-20(4)15-22(17-44-21(5)37)31(45-33(34)41)27(42-7)12-10-11-19(3)32(40)36-25-16-26(38)29(35-6)24(30(25)39)13-18(2)14-28(23)43-8/h10-12,15-16,18,20,23,27-28,31,35H,9,13-14,17H2,1-8H3,(H2,34,41)(H,36,40)/b12-10-,19-11+,22-15+/t18-,20+,23-,27+,28+,31+/m1/s1. The number of hydrogen-bond acceptors (Lipinski definition) is 10. The fraction of sp³-hybridized carbons (Fsp3) is 0.545. The highest BCUT2D eigenvalue weighted by Gasteiger charge is 2.34. The van der Waals surface area contributed by atoms with Crippen molar-refractivity contribution in [2.45, 2.75) is 72.2 Å². The molecule has 2 aliphatic rings. The summed E-state index contributed by atoms with van der Waals surface area (Å²) in [6.45, 7) is 8.63. The minimum atomic E-state index is -1.06. The van der Waals surface area contributed by atoms with Crippen LogP contribution in [0.2, 0.25) is 0 Å². The molecule has 6 atom stereocenters. The van der Waals surface area contributed by atoms with Crippen molar-refractivity contribution in [1.82, 2.24) is 10.6 Å². The van der Waals surface area contributed by atoms with E-state index in [1.165, 1.54) is 26.2 Å². The van der Waals surface area contributed by atoms with E-state index in [-0.39, 0.29) is 53.9 Å². The lowest BCUT2D eigenvalue weighted by Crippen LogP contribution is -2.37. The van der Waals surface area contributed by atoms with Gasteiger partial charge in [-0.25, -0.2) is 4.79 Å². The molecule has 0 unspecified atom stereocenters. The molecule has 2 bridgehead atoms. The van der Waals surface area contributed by atoms with E-state index in [1.807, 2.05) is 26.8 Å². The molecule has 0 aromatic heterocycles. The second kappa shape index (κ2) is 17.5. The van der Waals surface area contributed by atoms with Gasteiger partial charge in [-0.05, 0) is 37.5 Å². The number of Topliss-reactive ketones (excluding diaryl/α,β-unsaturated/α-hetero) is 1. The van der Waals surface area contributed by atoms with Gasteiger partial charge >= 0.3 is 12.1 Å². The molecular weight excluding hydrogens is 582 g/mol. The molecule has 45 heavy (non-hydrogen) atoms. The number of carbonyl (C=O) groups is 5. The normalized spacial score (nSPS) is 30.2. The van der Waals surface area contributed by atoms with E-state index in [0.717, 1.165) is 6.08 Å². The van der Waals surface area contributed by atoms with Gasteiger partial charge in [0.1, 0.15) is 12.7 Å².